The molecule has 122 valence electrons. The van der Waals surface area contributed by atoms with E-state index in [2.05, 4.69) is 21.0 Å². The Labute approximate surface area is 147 Å². The lowest BCUT2D eigenvalue weighted by atomic mass is 9.99. The Morgan fingerprint density at radius 1 is 1.43 bits per heavy atom. The van der Waals surface area contributed by atoms with E-state index < -0.39 is 0 Å². The van der Waals surface area contributed by atoms with Gasteiger partial charge in [0.1, 0.15) is 5.69 Å². The summed E-state index contributed by atoms with van der Waals surface area (Å²) in [5, 5.41) is 16.5. The first-order chi connectivity index (χ1) is 10.9. The number of anilines is 1. The van der Waals surface area contributed by atoms with E-state index in [1.807, 2.05) is 24.0 Å². The SMILES string of the molecule is CCc1nn(C)c(N2CCc3c(Br)ccc(Cl)c3C2)c1[N+](=O)[O-]. The number of halogens is 2. The molecular weight excluding hydrogens is 384 g/mol. The number of benzene rings is 1. The van der Waals surface area contributed by atoms with Crippen molar-refractivity contribution in [1.82, 2.24) is 9.78 Å². The summed E-state index contributed by atoms with van der Waals surface area (Å²) in [6.45, 7) is 3.10. The van der Waals surface area contributed by atoms with E-state index in [0.29, 0.717) is 36.0 Å². The van der Waals surface area contributed by atoms with Crippen molar-refractivity contribution >= 4 is 39.0 Å². The van der Waals surface area contributed by atoms with Crippen LogP contribution in [-0.4, -0.2) is 21.2 Å². The van der Waals surface area contributed by atoms with Gasteiger partial charge in [-0.25, -0.2) is 4.68 Å². The summed E-state index contributed by atoms with van der Waals surface area (Å²) < 4.78 is 2.64. The number of hydrogen-bond donors (Lipinski definition) is 0. The second-order valence-corrected chi connectivity index (χ2v) is 6.77. The summed E-state index contributed by atoms with van der Waals surface area (Å²) in [5.41, 5.74) is 2.80. The van der Waals surface area contributed by atoms with Crippen LogP contribution in [0.25, 0.3) is 0 Å². The molecule has 2 aromatic rings. The van der Waals surface area contributed by atoms with Crippen molar-refractivity contribution in [2.24, 2.45) is 7.05 Å². The van der Waals surface area contributed by atoms with Crippen molar-refractivity contribution in [2.45, 2.75) is 26.3 Å². The van der Waals surface area contributed by atoms with Gasteiger partial charge < -0.3 is 4.90 Å². The summed E-state index contributed by atoms with van der Waals surface area (Å²) in [7, 11) is 1.75. The van der Waals surface area contributed by atoms with Crippen molar-refractivity contribution in [3.05, 3.63) is 48.6 Å². The van der Waals surface area contributed by atoms with Crippen molar-refractivity contribution in [1.29, 1.82) is 0 Å². The normalized spacial score (nSPS) is 14.0. The Bertz CT molecular complexity index is 790. The molecule has 0 amide bonds. The lowest BCUT2D eigenvalue weighted by Crippen LogP contribution is -2.32. The topological polar surface area (TPSA) is 64.2 Å². The highest BCUT2D eigenvalue weighted by Crippen LogP contribution is 2.38. The third kappa shape index (κ3) is 2.72. The van der Waals surface area contributed by atoms with Crippen molar-refractivity contribution < 1.29 is 4.92 Å². The number of aryl methyl sites for hydroxylation is 2. The number of nitro groups is 1. The zero-order valence-corrected chi connectivity index (χ0v) is 15.2. The number of rotatable bonds is 3. The van der Waals surface area contributed by atoms with Crippen LogP contribution < -0.4 is 4.90 Å². The van der Waals surface area contributed by atoms with Gasteiger partial charge in [0.15, 0.2) is 0 Å². The molecular formula is C15H16BrClN4O2. The second kappa shape index (κ2) is 6.13. The van der Waals surface area contributed by atoms with E-state index in [1.165, 1.54) is 5.56 Å². The molecule has 8 heteroatoms. The predicted octanol–water partition coefficient (Wildman–Crippen LogP) is 3.87. The number of nitrogens with zero attached hydrogens (tertiary/aromatic N) is 4. The molecule has 23 heavy (non-hydrogen) atoms. The summed E-state index contributed by atoms with van der Waals surface area (Å²) in [4.78, 5) is 13.2. The number of aromatic nitrogens is 2. The van der Waals surface area contributed by atoms with Crippen LogP contribution in [0.1, 0.15) is 23.7 Å². The van der Waals surface area contributed by atoms with Crippen molar-refractivity contribution in [2.75, 3.05) is 11.4 Å². The Morgan fingerprint density at radius 2 is 2.17 bits per heavy atom. The van der Waals surface area contributed by atoms with E-state index in [1.54, 1.807) is 11.7 Å². The minimum absolute atomic E-state index is 0.101. The van der Waals surface area contributed by atoms with Gasteiger partial charge in [0, 0.05) is 29.6 Å². The monoisotopic (exact) mass is 398 g/mol. The van der Waals surface area contributed by atoms with Gasteiger partial charge >= 0.3 is 5.69 Å². The fraction of sp³-hybridized carbons (Fsp3) is 0.400. The Balaban J connectivity index is 2.07. The van der Waals surface area contributed by atoms with Gasteiger partial charge in [0.2, 0.25) is 5.82 Å². The molecule has 0 spiro atoms. The van der Waals surface area contributed by atoms with Crippen LogP contribution in [-0.2, 0) is 26.4 Å². The van der Waals surface area contributed by atoms with E-state index >= 15 is 0 Å². The van der Waals surface area contributed by atoms with Crippen LogP contribution in [0.3, 0.4) is 0 Å². The van der Waals surface area contributed by atoms with Gasteiger partial charge in [0.25, 0.3) is 0 Å². The highest BCUT2D eigenvalue weighted by Gasteiger charge is 2.32. The highest BCUT2D eigenvalue weighted by atomic mass is 79.9. The fourth-order valence-corrected chi connectivity index (χ4v) is 3.92. The first kappa shape index (κ1) is 16.3. The van der Waals surface area contributed by atoms with Gasteiger partial charge in [-0.15, -0.1) is 0 Å². The molecule has 6 nitrogen and oxygen atoms in total. The van der Waals surface area contributed by atoms with E-state index in [-0.39, 0.29) is 10.6 Å². The van der Waals surface area contributed by atoms with Crippen LogP contribution in [0.15, 0.2) is 16.6 Å². The average molecular weight is 400 g/mol. The van der Waals surface area contributed by atoms with E-state index in [0.717, 1.165) is 16.5 Å². The summed E-state index contributed by atoms with van der Waals surface area (Å²) in [6.07, 6.45) is 1.31. The molecule has 1 aliphatic heterocycles. The maximum Gasteiger partial charge on any atom is 0.334 e. The molecule has 0 unspecified atom stereocenters. The molecule has 0 radical (unpaired) electrons. The van der Waals surface area contributed by atoms with Gasteiger partial charge in [-0.3, -0.25) is 10.1 Å². The fourth-order valence-electron chi connectivity index (χ4n) is 3.11. The molecule has 0 atom stereocenters. The van der Waals surface area contributed by atoms with Crippen molar-refractivity contribution in [3.63, 3.8) is 0 Å². The summed E-state index contributed by atoms with van der Waals surface area (Å²) in [5.74, 6) is 0.550. The van der Waals surface area contributed by atoms with Gasteiger partial charge in [-0.05, 0) is 36.1 Å². The Morgan fingerprint density at radius 3 is 2.83 bits per heavy atom. The molecule has 2 heterocycles. The zero-order valence-electron chi connectivity index (χ0n) is 12.8. The molecule has 3 rings (SSSR count). The maximum absolute atomic E-state index is 11.5. The number of fused-ring (bicyclic) bond motifs is 1. The van der Waals surface area contributed by atoms with Gasteiger partial charge in [0.05, 0.1) is 4.92 Å². The van der Waals surface area contributed by atoms with Crippen LogP contribution in [0.4, 0.5) is 11.5 Å². The van der Waals surface area contributed by atoms with Crippen LogP contribution in [0.2, 0.25) is 5.02 Å². The lowest BCUT2D eigenvalue weighted by Gasteiger charge is -2.31. The molecule has 0 saturated carbocycles. The quantitative estimate of drug-likeness (QED) is 0.580. The third-order valence-electron chi connectivity index (χ3n) is 4.18. The lowest BCUT2D eigenvalue weighted by molar-refractivity contribution is -0.384. The zero-order chi connectivity index (χ0) is 16.7. The first-order valence-electron chi connectivity index (χ1n) is 7.35. The van der Waals surface area contributed by atoms with Crippen LogP contribution in [0.5, 0.6) is 0 Å². The predicted molar refractivity (Wildman–Crippen MR) is 93.1 cm³/mol. The molecule has 0 N–H and O–H groups in total. The van der Waals surface area contributed by atoms with Gasteiger partial charge in [-0.2, -0.15) is 5.10 Å². The first-order valence-corrected chi connectivity index (χ1v) is 8.52. The standard InChI is InChI=1S/C15H16BrClN4O2/c1-3-13-14(21(22)23)15(19(2)18-13)20-7-6-9-10(8-20)12(17)5-4-11(9)16/h4-5H,3,6-8H2,1-2H3. The Hall–Kier alpha value is -1.60. The number of hydrogen-bond acceptors (Lipinski definition) is 4. The van der Waals surface area contributed by atoms with Crippen molar-refractivity contribution in [3.8, 4) is 0 Å². The second-order valence-electron chi connectivity index (χ2n) is 5.51. The highest BCUT2D eigenvalue weighted by molar-refractivity contribution is 9.10. The smallest absolute Gasteiger partial charge is 0.334 e. The minimum Gasteiger partial charge on any atom is -0.346 e. The molecule has 0 aliphatic carbocycles. The minimum atomic E-state index is -0.334. The van der Waals surface area contributed by atoms with Crippen LogP contribution >= 0.6 is 27.5 Å². The molecule has 0 saturated heterocycles. The largest absolute Gasteiger partial charge is 0.346 e. The van der Waals surface area contributed by atoms with Crippen LogP contribution in [0, 0.1) is 10.1 Å². The molecule has 1 aliphatic rings. The third-order valence-corrected chi connectivity index (χ3v) is 5.27. The summed E-state index contributed by atoms with van der Waals surface area (Å²) in [6, 6.07) is 3.79. The Kier molecular flexibility index (Phi) is 4.33. The van der Waals surface area contributed by atoms with E-state index in [9.17, 15) is 10.1 Å². The molecule has 1 aromatic carbocycles. The molecule has 0 bridgehead atoms. The summed E-state index contributed by atoms with van der Waals surface area (Å²) >= 11 is 9.89. The maximum atomic E-state index is 11.5. The molecule has 1 aromatic heterocycles. The van der Waals surface area contributed by atoms with E-state index in [4.69, 9.17) is 11.6 Å². The molecule has 0 fully saturated rings. The average Bonchev–Trinajstić information content (AvgIpc) is 2.87. The van der Waals surface area contributed by atoms with Gasteiger partial charge in [-0.1, -0.05) is 34.5 Å².